The molecule has 4 rings (SSSR count). The molecule has 2 aliphatic rings. The van der Waals surface area contributed by atoms with Crippen molar-refractivity contribution in [1.29, 1.82) is 0 Å². The van der Waals surface area contributed by atoms with Crippen LogP contribution in [0.1, 0.15) is 61.5 Å². The molecule has 2 aliphatic carbocycles. The number of hydrogen-bond acceptors (Lipinski definition) is 2. The van der Waals surface area contributed by atoms with Gasteiger partial charge in [-0.1, -0.05) is 67.1 Å². The summed E-state index contributed by atoms with van der Waals surface area (Å²) in [7, 11) is 0. The molecule has 2 nitrogen and oxygen atoms in total. The molecule has 2 saturated carbocycles. The van der Waals surface area contributed by atoms with Crippen molar-refractivity contribution in [3.05, 3.63) is 71.8 Å². The molecule has 26 heavy (non-hydrogen) atoms. The first-order valence-corrected chi connectivity index (χ1v) is 10.2. The minimum atomic E-state index is -0.261. The van der Waals surface area contributed by atoms with Crippen LogP contribution >= 0.6 is 0 Å². The zero-order chi connectivity index (χ0) is 17.9. The van der Waals surface area contributed by atoms with Crippen molar-refractivity contribution >= 4 is 0 Å². The van der Waals surface area contributed by atoms with E-state index in [0.29, 0.717) is 11.8 Å². The third kappa shape index (κ3) is 3.58. The largest absolute Gasteiger partial charge is 0.392 e. The minimum Gasteiger partial charge on any atom is -0.392 e. The molecule has 0 spiro atoms. The van der Waals surface area contributed by atoms with Gasteiger partial charge in [-0.05, 0) is 55.1 Å². The van der Waals surface area contributed by atoms with E-state index in [1.807, 2.05) is 12.1 Å². The maximum Gasteiger partial charge on any atom is 0.0639 e. The van der Waals surface area contributed by atoms with Gasteiger partial charge >= 0.3 is 0 Å². The fourth-order valence-corrected chi connectivity index (χ4v) is 5.43. The molecule has 0 aromatic heterocycles. The summed E-state index contributed by atoms with van der Waals surface area (Å²) in [5, 5.41) is 21.8. The summed E-state index contributed by atoms with van der Waals surface area (Å²) in [6.45, 7) is 0. The van der Waals surface area contributed by atoms with Gasteiger partial charge in [-0.2, -0.15) is 0 Å². The molecule has 2 aromatic rings. The van der Waals surface area contributed by atoms with Crippen LogP contribution < -0.4 is 0 Å². The van der Waals surface area contributed by atoms with Crippen LogP contribution in [0.5, 0.6) is 0 Å². The van der Waals surface area contributed by atoms with Crippen LogP contribution in [0.3, 0.4) is 0 Å². The average Bonchev–Trinajstić information content (AvgIpc) is 2.70. The van der Waals surface area contributed by atoms with Crippen molar-refractivity contribution in [3.63, 3.8) is 0 Å². The summed E-state index contributed by atoms with van der Waals surface area (Å²) in [5.74, 6) is 1.33. The Labute approximate surface area is 156 Å². The molecule has 0 radical (unpaired) electrons. The van der Waals surface area contributed by atoms with E-state index in [2.05, 4.69) is 48.5 Å². The summed E-state index contributed by atoms with van der Waals surface area (Å²) in [6.07, 6.45) is 5.76. The van der Waals surface area contributed by atoms with Crippen LogP contribution in [0.2, 0.25) is 0 Å². The lowest BCUT2D eigenvalue weighted by molar-refractivity contribution is -0.0121. The van der Waals surface area contributed by atoms with E-state index in [-0.39, 0.29) is 24.0 Å². The van der Waals surface area contributed by atoms with Crippen molar-refractivity contribution in [2.24, 2.45) is 11.8 Å². The Morgan fingerprint density at radius 3 is 1.92 bits per heavy atom. The van der Waals surface area contributed by atoms with Crippen LogP contribution in [0.4, 0.5) is 0 Å². The maximum absolute atomic E-state index is 11.2. The monoisotopic (exact) mass is 350 g/mol. The van der Waals surface area contributed by atoms with Gasteiger partial charge in [0.05, 0.1) is 12.2 Å². The lowest BCUT2D eigenvalue weighted by atomic mass is 9.64. The third-order valence-electron chi connectivity index (χ3n) is 6.82. The number of aliphatic hydroxyl groups excluding tert-OH is 2. The Kier molecular flexibility index (Phi) is 5.42. The average molecular weight is 351 g/mol. The first-order valence-electron chi connectivity index (χ1n) is 10.2. The molecular formula is C24H30O2. The zero-order valence-corrected chi connectivity index (χ0v) is 15.4. The Hall–Kier alpha value is -1.64. The summed E-state index contributed by atoms with van der Waals surface area (Å²) in [6, 6.07) is 21.0. The summed E-state index contributed by atoms with van der Waals surface area (Å²) >= 11 is 0. The second-order valence-electron chi connectivity index (χ2n) is 8.26. The Morgan fingerprint density at radius 1 is 0.654 bits per heavy atom. The van der Waals surface area contributed by atoms with Gasteiger partial charge in [0, 0.05) is 11.8 Å². The Morgan fingerprint density at radius 2 is 1.27 bits per heavy atom. The molecule has 2 aromatic carbocycles. The maximum atomic E-state index is 11.2. The van der Waals surface area contributed by atoms with Gasteiger partial charge in [0.1, 0.15) is 0 Å². The molecule has 6 atom stereocenters. The van der Waals surface area contributed by atoms with E-state index in [9.17, 15) is 10.2 Å². The molecule has 2 N–H and O–H groups in total. The van der Waals surface area contributed by atoms with Gasteiger partial charge in [0.15, 0.2) is 0 Å². The van der Waals surface area contributed by atoms with Crippen molar-refractivity contribution in [2.75, 3.05) is 0 Å². The zero-order valence-electron chi connectivity index (χ0n) is 15.4. The number of aliphatic hydroxyl groups is 2. The molecule has 138 valence electrons. The fourth-order valence-electron chi connectivity index (χ4n) is 5.43. The summed E-state index contributed by atoms with van der Waals surface area (Å²) in [4.78, 5) is 0. The molecule has 2 heteroatoms. The van der Waals surface area contributed by atoms with Crippen LogP contribution in [0, 0.1) is 11.8 Å². The quantitative estimate of drug-likeness (QED) is 0.828. The SMILES string of the molecule is OC1CCC(C2CCCC(c3ccccc3)C2O)CC1c1ccccc1. The number of rotatable bonds is 3. The van der Waals surface area contributed by atoms with Crippen LogP contribution in [-0.2, 0) is 0 Å². The minimum absolute atomic E-state index is 0.208. The second-order valence-corrected chi connectivity index (χ2v) is 8.26. The highest BCUT2D eigenvalue weighted by molar-refractivity contribution is 5.23. The first kappa shape index (κ1) is 17.8. The van der Waals surface area contributed by atoms with Gasteiger partial charge in [-0.25, -0.2) is 0 Å². The smallest absolute Gasteiger partial charge is 0.0639 e. The number of hydrogen-bond donors (Lipinski definition) is 2. The predicted molar refractivity (Wildman–Crippen MR) is 105 cm³/mol. The molecule has 2 fully saturated rings. The summed E-state index contributed by atoms with van der Waals surface area (Å²) in [5.41, 5.74) is 2.52. The van der Waals surface area contributed by atoms with Crippen molar-refractivity contribution in [1.82, 2.24) is 0 Å². The van der Waals surface area contributed by atoms with Gasteiger partial charge in [-0.3, -0.25) is 0 Å². The molecule has 0 amide bonds. The highest BCUT2D eigenvalue weighted by Gasteiger charge is 2.41. The first-order chi connectivity index (χ1) is 12.7. The standard InChI is InChI=1S/C24H30O2/c25-23-15-14-19(16-22(23)18-10-5-2-6-11-18)21-13-7-12-20(24(21)26)17-8-3-1-4-9-17/h1-6,8-11,19-26H,7,12-16H2. The summed E-state index contributed by atoms with van der Waals surface area (Å²) < 4.78 is 0. The molecule has 0 saturated heterocycles. The molecule has 0 heterocycles. The van der Waals surface area contributed by atoms with E-state index in [1.165, 1.54) is 17.5 Å². The van der Waals surface area contributed by atoms with Crippen molar-refractivity contribution in [2.45, 2.75) is 62.6 Å². The molecule has 6 unspecified atom stereocenters. The van der Waals surface area contributed by atoms with Crippen molar-refractivity contribution in [3.8, 4) is 0 Å². The Bertz CT molecular complexity index is 684. The highest BCUT2D eigenvalue weighted by Crippen LogP contribution is 2.47. The predicted octanol–water partition coefficient (Wildman–Crippen LogP) is 4.88. The topological polar surface area (TPSA) is 40.5 Å². The fraction of sp³-hybridized carbons (Fsp3) is 0.500. The third-order valence-corrected chi connectivity index (χ3v) is 6.82. The molecule has 0 bridgehead atoms. The Balaban J connectivity index is 1.51. The second kappa shape index (κ2) is 7.94. The molecular weight excluding hydrogens is 320 g/mol. The lowest BCUT2D eigenvalue weighted by Crippen LogP contribution is -2.40. The van der Waals surface area contributed by atoms with Gasteiger partial charge in [0.2, 0.25) is 0 Å². The van der Waals surface area contributed by atoms with Crippen LogP contribution in [-0.4, -0.2) is 22.4 Å². The van der Waals surface area contributed by atoms with Gasteiger partial charge < -0.3 is 10.2 Å². The van der Waals surface area contributed by atoms with E-state index in [0.717, 1.165) is 32.1 Å². The van der Waals surface area contributed by atoms with Crippen LogP contribution in [0.15, 0.2) is 60.7 Å². The normalized spacial score (nSPS) is 35.2. The van der Waals surface area contributed by atoms with E-state index in [4.69, 9.17) is 0 Å². The van der Waals surface area contributed by atoms with Crippen molar-refractivity contribution < 1.29 is 10.2 Å². The van der Waals surface area contributed by atoms with E-state index < -0.39 is 0 Å². The van der Waals surface area contributed by atoms with E-state index in [1.54, 1.807) is 0 Å². The van der Waals surface area contributed by atoms with E-state index >= 15 is 0 Å². The molecule has 0 aliphatic heterocycles. The number of benzene rings is 2. The lowest BCUT2D eigenvalue weighted by Gasteiger charge is -2.43. The highest BCUT2D eigenvalue weighted by atomic mass is 16.3. The van der Waals surface area contributed by atoms with Crippen LogP contribution in [0.25, 0.3) is 0 Å². The van der Waals surface area contributed by atoms with Gasteiger partial charge in [-0.15, -0.1) is 0 Å². The van der Waals surface area contributed by atoms with Gasteiger partial charge in [0.25, 0.3) is 0 Å².